The molecular weight excluding hydrogens is 116 g/mol. The van der Waals surface area contributed by atoms with Crippen molar-refractivity contribution in [2.24, 2.45) is 11.5 Å². The van der Waals surface area contributed by atoms with Gasteiger partial charge < -0.3 is 16.4 Å². The summed E-state index contributed by atoms with van der Waals surface area (Å²) < 4.78 is 0. The van der Waals surface area contributed by atoms with Gasteiger partial charge in [-0.1, -0.05) is 0 Å². The lowest BCUT2D eigenvalue weighted by molar-refractivity contribution is 0.500. The highest BCUT2D eigenvalue weighted by Crippen LogP contribution is 2.04. The van der Waals surface area contributed by atoms with E-state index in [1.165, 1.54) is 0 Å². The first kappa shape index (κ1) is 6.35. The van der Waals surface area contributed by atoms with Crippen LogP contribution in [-0.4, -0.2) is 30.0 Å². The molecule has 1 aliphatic rings. The SMILES string of the molecule is N=C(N)N1CC[C@@H](N)C1. The van der Waals surface area contributed by atoms with Crippen LogP contribution >= 0.6 is 0 Å². The van der Waals surface area contributed by atoms with Crippen LogP contribution in [0.1, 0.15) is 6.42 Å². The second-order valence-electron chi connectivity index (χ2n) is 2.38. The average molecular weight is 128 g/mol. The lowest BCUT2D eigenvalue weighted by Crippen LogP contribution is -2.36. The van der Waals surface area contributed by atoms with Crippen molar-refractivity contribution in [1.29, 1.82) is 5.41 Å². The molecule has 0 unspecified atom stereocenters. The fraction of sp³-hybridized carbons (Fsp3) is 0.800. The van der Waals surface area contributed by atoms with Crippen molar-refractivity contribution in [3.63, 3.8) is 0 Å². The van der Waals surface area contributed by atoms with Crippen LogP contribution in [0.3, 0.4) is 0 Å². The molecule has 0 aromatic rings. The number of hydrogen-bond donors (Lipinski definition) is 3. The van der Waals surface area contributed by atoms with Crippen LogP contribution in [0.4, 0.5) is 0 Å². The van der Waals surface area contributed by atoms with E-state index in [1.807, 2.05) is 0 Å². The van der Waals surface area contributed by atoms with Crippen molar-refractivity contribution in [3.05, 3.63) is 0 Å². The van der Waals surface area contributed by atoms with Gasteiger partial charge in [-0.25, -0.2) is 0 Å². The van der Waals surface area contributed by atoms with Gasteiger partial charge in [0.15, 0.2) is 5.96 Å². The van der Waals surface area contributed by atoms with Gasteiger partial charge in [-0.15, -0.1) is 0 Å². The third kappa shape index (κ3) is 1.32. The molecule has 1 atom stereocenters. The molecule has 52 valence electrons. The monoisotopic (exact) mass is 128 g/mol. The van der Waals surface area contributed by atoms with E-state index in [0.29, 0.717) is 0 Å². The van der Waals surface area contributed by atoms with Gasteiger partial charge in [0.1, 0.15) is 0 Å². The van der Waals surface area contributed by atoms with Crippen LogP contribution in [0.5, 0.6) is 0 Å². The van der Waals surface area contributed by atoms with Gasteiger partial charge in [0.2, 0.25) is 0 Å². The molecule has 0 amide bonds. The van der Waals surface area contributed by atoms with Crippen molar-refractivity contribution in [2.75, 3.05) is 13.1 Å². The molecule has 0 spiro atoms. The molecule has 4 heteroatoms. The van der Waals surface area contributed by atoms with Crippen LogP contribution in [0, 0.1) is 5.41 Å². The lowest BCUT2D eigenvalue weighted by atomic mass is 10.3. The quantitative estimate of drug-likeness (QED) is 0.286. The van der Waals surface area contributed by atoms with Gasteiger partial charge in [-0.3, -0.25) is 5.41 Å². The minimum Gasteiger partial charge on any atom is -0.370 e. The zero-order valence-electron chi connectivity index (χ0n) is 5.30. The van der Waals surface area contributed by atoms with Gasteiger partial charge in [-0.05, 0) is 6.42 Å². The highest BCUT2D eigenvalue weighted by atomic mass is 15.3. The Morgan fingerprint density at radius 3 is 2.56 bits per heavy atom. The molecule has 0 radical (unpaired) electrons. The van der Waals surface area contributed by atoms with E-state index in [1.54, 1.807) is 4.90 Å². The van der Waals surface area contributed by atoms with Crippen LogP contribution in [0.25, 0.3) is 0 Å². The van der Waals surface area contributed by atoms with Crippen molar-refractivity contribution in [1.82, 2.24) is 4.90 Å². The largest absolute Gasteiger partial charge is 0.370 e. The van der Waals surface area contributed by atoms with Gasteiger partial charge in [0.05, 0.1) is 0 Å². The predicted octanol–water partition coefficient (Wildman–Crippen LogP) is -1.09. The molecule has 1 heterocycles. The molecule has 9 heavy (non-hydrogen) atoms. The molecular formula is C5H12N4. The summed E-state index contributed by atoms with van der Waals surface area (Å²) in [7, 11) is 0. The topological polar surface area (TPSA) is 79.1 Å². The third-order valence-electron chi connectivity index (χ3n) is 1.57. The second kappa shape index (κ2) is 2.23. The Bertz CT molecular complexity index is 122. The smallest absolute Gasteiger partial charge is 0.188 e. The minimum atomic E-state index is 0.142. The van der Waals surface area contributed by atoms with Crippen LogP contribution in [0.15, 0.2) is 0 Å². The van der Waals surface area contributed by atoms with Crippen molar-refractivity contribution in [3.8, 4) is 0 Å². The molecule has 0 saturated carbocycles. The molecule has 0 aromatic carbocycles. The number of rotatable bonds is 0. The van der Waals surface area contributed by atoms with Gasteiger partial charge in [0, 0.05) is 19.1 Å². The molecule has 0 aromatic heterocycles. The Morgan fingerprint density at radius 1 is 1.67 bits per heavy atom. The Hall–Kier alpha value is -0.770. The summed E-state index contributed by atoms with van der Waals surface area (Å²) in [6.07, 6.45) is 0.958. The van der Waals surface area contributed by atoms with E-state index in [0.717, 1.165) is 19.5 Å². The molecule has 1 fully saturated rings. The van der Waals surface area contributed by atoms with Gasteiger partial charge >= 0.3 is 0 Å². The normalized spacial score (nSPS) is 26.8. The number of nitrogens with two attached hydrogens (primary N) is 2. The fourth-order valence-corrected chi connectivity index (χ4v) is 1.01. The van der Waals surface area contributed by atoms with E-state index in [-0.39, 0.29) is 12.0 Å². The van der Waals surface area contributed by atoms with Crippen LogP contribution in [-0.2, 0) is 0 Å². The summed E-state index contributed by atoms with van der Waals surface area (Å²) >= 11 is 0. The highest BCUT2D eigenvalue weighted by Gasteiger charge is 2.18. The number of nitrogens with one attached hydrogen (secondary N) is 1. The summed E-state index contributed by atoms with van der Waals surface area (Å²) in [6, 6.07) is 0.217. The molecule has 0 bridgehead atoms. The van der Waals surface area contributed by atoms with Crippen molar-refractivity contribution in [2.45, 2.75) is 12.5 Å². The number of likely N-dealkylation sites (tertiary alicyclic amines) is 1. The summed E-state index contributed by atoms with van der Waals surface area (Å²) in [5.41, 5.74) is 10.8. The summed E-state index contributed by atoms with van der Waals surface area (Å²) in [5.74, 6) is 0.142. The highest BCUT2D eigenvalue weighted by molar-refractivity contribution is 5.74. The van der Waals surface area contributed by atoms with Gasteiger partial charge in [0.25, 0.3) is 0 Å². The number of guanidine groups is 1. The number of hydrogen-bond acceptors (Lipinski definition) is 2. The van der Waals surface area contributed by atoms with Gasteiger partial charge in [-0.2, -0.15) is 0 Å². The zero-order chi connectivity index (χ0) is 6.85. The molecule has 4 nitrogen and oxygen atoms in total. The van der Waals surface area contributed by atoms with Crippen molar-refractivity contribution < 1.29 is 0 Å². The van der Waals surface area contributed by atoms with E-state index in [9.17, 15) is 0 Å². The fourth-order valence-electron chi connectivity index (χ4n) is 1.01. The predicted molar refractivity (Wildman–Crippen MR) is 36.1 cm³/mol. The Balaban J connectivity index is 2.39. The first-order valence-corrected chi connectivity index (χ1v) is 3.04. The van der Waals surface area contributed by atoms with E-state index in [4.69, 9.17) is 16.9 Å². The summed E-state index contributed by atoms with van der Waals surface area (Å²) in [4.78, 5) is 1.78. The van der Waals surface area contributed by atoms with Crippen molar-refractivity contribution >= 4 is 5.96 Å². The van der Waals surface area contributed by atoms with E-state index < -0.39 is 0 Å². The molecule has 5 N–H and O–H groups in total. The summed E-state index contributed by atoms with van der Waals surface area (Å²) in [6.45, 7) is 1.59. The van der Waals surface area contributed by atoms with E-state index in [2.05, 4.69) is 0 Å². The Kier molecular flexibility index (Phi) is 1.57. The second-order valence-corrected chi connectivity index (χ2v) is 2.38. The maximum atomic E-state index is 7.03. The zero-order valence-corrected chi connectivity index (χ0v) is 5.30. The molecule has 1 saturated heterocycles. The standard InChI is InChI=1S/C5H12N4/c6-4-1-2-9(3-4)5(7)8/h4H,1-3,6H2,(H3,7,8)/t4-/m1/s1. The average Bonchev–Trinajstić information content (AvgIpc) is 2.14. The molecule has 1 rings (SSSR count). The molecule has 1 aliphatic heterocycles. The van der Waals surface area contributed by atoms with Crippen LogP contribution in [0.2, 0.25) is 0 Å². The Labute approximate surface area is 54.3 Å². The summed E-state index contributed by atoms with van der Waals surface area (Å²) in [5, 5.41) is 7.03. The lowest BCUT2D eigenvalue weighted by Gasteiger charge is -2.13. The first-order chi connectivity index (χ1) is 4.20. The molecule has 0 aliphatic carbocycles. The third-order valence-corrected chi connectivity index (χ3v) is 1.57. The first-order valence-electron chi connectivity index (χ1n) is 3.04. The van der Waals surface area contributed by atoms with Crippen LogP contribution < -0.4 is 11.5 Å². The van der Waals surface area contributed by atoms with E-state index >= 15 is 0 Å². The number of nitrogens with zero attached hydrogens (tertiary/aromatic N) is 1. The minimum absolute atomic E-state index is 0.142. The maximum absolute atomic E-state index is 7.03. The Morgan fingerprint density at radius 2 is 2.33 bits per heavy atom. The maximum Gasteiger partial charge on any atom is 0.188 e.